The third kappa shape index (κ3) is 6.47. The first-order valence-electron chi connectivity index (χ1n) is 13.6. The number of nitrogens with one attached hydrogen (secondary N) is 1. The Morgan fingerprint density at radius 2 is 1.85 bits per heavy atom. The number of aliphatic carboxylic acids is 1. The Hall–Kier alpha value is -3.04. The number of primary amides is 1. The summed E-state index contributed by atoms with van der Waals surface area (Å²) in [6.45, 7) is 11.2. The van der Waals surface area contributed by atoms with Crippen LogP contribution in [0.2, 0.25) is 0 Å². The van der Waals surface area contributed by atoms with Crippen LogP contribution in [0.15, 0.2) is 53.1 Å². The van der Waals surface area contributed by atoms with Gasteiger partial charge in [-0.05, 0) is 47.3 Å². The number of fused-ring (bicyclic) bond motifs is 3. The van der Waals surface area contributed by atoms with E-state index in [9.17, 15) is 14.4 Å². The molecule has 0 fully saturated rings. The molecule has 0 aromatic heterocycles. The van der Waals surface area contributed by atoms with Crippen LogP contribution in [0.5, 0.6) is 0 Å². The van der Waals surface area contributed by atoms with E-state index in [1.807, 2.05) is 37.3 Å². The molecule has 0 bridgehead atoms. The third-order valence-electron chi connectivity index (χ3n) is 8.19. The highest BCUT2D eigenvalue weighted by molar-refractivity contribution is 8.04. The Balaban J connectivity index is 0.000000229. The lowest BCUT2D eigenvalue weighted by molar-refractivity contribution is -0.137. The second kappa shape index (κ2) is 13.1. The highest BCUT2D eigenvalue weighted by Gasteiger charge is 2.55. The fraction of sp³-hybridized carbons (Fsp3) is 0.452. The van der Waals surface area contributed by atoms with Crippen molar-refractivity contribution in [2.45, 2.75) is 66.8 Å². The number of thioether (sulfide) groups is 1. The SMILES string of the molecule is CC1C(=O)C(SCCCCCC(=O)O)=C(O[Si])C1(C)C(C)(C)C.NC(=O)c1cccc2c1-c1ccccc1CN2. The van der Waals surface area contributed by atoms with Gasteiger partial charge < -0.3 is 20.6 Å². The number of anilines is 1. The maximum Gasteiger partial charge on any atom is 0.340 e. The number of carboxylic acid groups (broad SMARTS) is 1. The Kier molecular flexibility index (Phi) is 10.3. The highest BCUT2D eigenvalue weighted by atomic mass is 32.2. The molecule has 0 spiro atoms. The van der Waals surface area contributed by atoms with Gasteiger partial charge >= 0.3 is 16.5 Å². The Labute approximate surface area is 244 Å². The number of ketones is 1. The van der Waals surface area contributed by atoms with E-state index in [4.69, 9.17) is 15.3 Å². The second-order valence-electron chi connectivity index (χ2n) is 11.5. The first-order valence-corrected chi connectivity index (χ1v) is 15.0. The van der Waals surface area contributed by atoms with Crippen molar-refractivity contribution in [1.82, 2.24) is 0 Å². The van der Waals surface area contributed by atoms with E-state index in [-0.39, 0.29) is 34.9 Å². The number of Topliss-reactive ketones (excluding diaryl/α,β-unsaturated/α-hetero) is 1. The number of allylic oxidation sites excluding steroid dienone is 2. The topological polar surface area (TPSA) is 119 Å². The molecular weight excluding hydrogens is 541 g/mol. The van der Waals surface area contributed by atoms with Gasteiger partial charge in [0.05, 0.1) is 4.91 Å². The normalized spacial score (nSPS) is 19.6. The maximum atomic E-state index is 12.7. The van der Waals surface area contributed by atoms with Gasteiger partial charge in [-0.25, -0.2) is 0 Å². The van der Waals surface area contributed by atoms with Crippen LogP contribution in [0.3, 0.4) is 0 Å². The molecule has 1 heterocycles. The van der Waals surface area contributed by atoms with Crippen LogP contribution in [0.1, 0.15) is 76.2 Å². The average Bonchev–Trinajstić information content (AvgIpc) is 3.11. The van der Waals surface area contributed by atoms with Gasteiger partial charge in [-0.15, -0.1) is 11.8 Å². The summed E-state index contributed by atoms with van der Waals surface area (Å²) in [6.07, 6.45) is 2.64. The van der Waals surface area contributed by atoms with Crippen molar-refractivity contribution in [3.05, 3.63) is 64.3 Å². The minimum atomic E-state index is -0.754. The fourth-order valence-corrected chi connectivity index (χ4v) is 6.96. The second-order valence-corrected chi connectivity index (χ2v) is 12.8. The lowest BCUT2D eigenvalue weighted by atomic mass is 9.62. The quantitative estimate of drug-likeness (QED) is 0.235. The molecule has 2 aliphatic rings. The zero-order valence-electron chi connectivity index (χ0n) is 23.9. The van der Waals surface area contributed by atoms with Crippen molar-refractivity contribution in [3.8, 4) is 11.1 Å². The Morgan fingerprint density at radius 3 is 2.48 bits per heavy atom. The number of rotatable bonds is 9. The summed E-state index contributed by atoms with van der Waals surface area (Å²) in [6, 6.07) is 13.6. The lowest BCUT2D eigenvalue weighted by Crippen LogP contribution is -2.39. The summed E-state index contributed by atoms with van der Waals surface area (Å²) in [5.41, 5.74) is 9.72. The number of carbonyl (C=O) groups is 3. The zero-order chi connectivity index (χ0) is 29.7. The molecule has 1 aliphatic carbocycles. The van der Waals surface area contributed by atoms with E-state index < -0.39 is 5.97 Å². The molecule has 0 saturated carbocycles. The predicted octanol–water partition coefficient (Wildman–Crippen LogP) is 6.33. The summed E-state index contributed by atoms with van der Waals surface area (Å²) in [4.78, 5) is 35.4. The summed E-state index contributed by atoms with van der Waals surface area (Å²) in [7, 11) is 3.15. The van der Waals surface area contributed by atoms with Crippen LogP contribution in [0.25, 0.3) is 11.1 Å². The van der Waals surface area contributed by atoms with Crippen LogP contribution in [0, 0.1) is 16.7 Å². The number of amides is 1. The average molecular weight is 580 g/mol. The smallest absolute Gasteiger partial charge is 0.340 e. The van der Waals surface area contributed by atoms with Crippen LogP contribution in [-0.2, 0) is 20.6 Å². The summed E-state index contributed by atoms with van der Waals surface area (Å²) < 4.78 is 5.48. The van der Waals surface area contributed by atoms with Crippen molar-refractivity contribution in [2.75, 3.05) is 11.1 Å². The van der Waals surface area contributed by atoms with Gasteiger partial charge in [-0.3, -0.25) is 14.4 Å². The van der Waals surface area contributed by atoms with Crippen molar-refractivity contribution >= 4 is 45.6 Å². The van der Waals surface area contributed by atoms with Crippen molar-refractivity contribution < 1.29 is 23.9 Å². The first kappa shape index (κ1) is 31.5. The van der Waals surface area contributed by atoms with Gasteiger partial charge in [0.2, 0.25) is 5.91 Å². The zero-order valence-corrected chi connectivity index (χ0v) is 25.7. The number of nitrogens with two attached hydrogens (primary N) is 1. The highest BCUT2D eigenvalue weighted by Crippen LogP contribution is 2.57. The first-order chi connectivity index (χ1) is 18.8. The van der Waals surface area contributed by atoms with Gasteiger partial charge in [0.1, 0.15) is 5.76 Å². The molecular formula is C31H39N2O5SSi. The van der Waals surface area contributed by atoms with Crippen molar-refractivity contribution in [2.24, 2.45) is 22.5 Å². The standard InChI is InChI=1S/C17H27O4SSi.C14H12N2O/c1-11-13(20)14(22-10-8-6-7-9-12(18)19)15(21-23)17(11,5)16(2,3)4;15-14(17)11-6-3-7-12-13(11)10-5-2-1-4-9(10)8-16-12/h11H,6-10H2,1-5H3,(H,18,19);1-7,16H,8H2,(H2,15,17). The van der Waals surface area contributed by atoms with Crippen LogP contribution < -0.4 is 11.1 Å². The van der Waals surface area contributed by atoms with E-state index in [2.05, 4.69) is 49.6 Å². The monoisotopic (exact) mass is 579 g/mol. The minimum Gasteiger partial charge on any atom is -0.542 e. The molecule has 2 aromatic carbocycles. The van der Waals surface area contributed by atoms with Gasteiger partial charge in [0.15, 0.2) is 5.78 Å². The molecule has 3 radical (unpaired) electrons. The van der Waals surface area contributed by atoms with E-state index in [1.165, 1.54) is 17.3 Å². The van der Waals surface area contributed by atoms with Gasteiger partial charge in [0, 0.05) is 41.1 Å². The number of carboxylic acids is 1. The molecule has 2 atom stereocenters. The van der Waals surface area contributed by atoms with Crippen molar-refractivity contribution in [3.63, 3.8) is 0 Å². The van der Waals surface area contributed by atoms with E-state index in [0.29, 0.717) is 16.9 Å². The molecule has 9 heteroatoms. The fourth-order valence-electron chi connectivity index (χ4n) is 5.32. The van der Waals surface area contributed by atoms with E-state index >= 15 is 0 Å². The van der Waals surface area contributed by atoms with Gasteiger partial charge in [0.25, 0.3) is 0 Å². The largest absolute Gasteiger partial charge is 0.542 e. The molecule has 40 heavy (non-hydrogen) atoms. The minimum absolute atomic E-state index is 0.103. The number of unbranched alkanes of at least 4 members (excludes halogenated alkanes) is 2. The Morgan fingerprint density at radius 1 is 1.15 bits per heavy atom. The summed E-state index contributed by atoms with van der Waals surface area (Å²) in [5.74, 6) is 0.410. The van der Waals surface area contributed by atoms with Crippen LogP contribution >= 0.6 is 11.8 Å². The summed E-state index contributed by atoms with van der Waals surface area (Å²) >= 11 is 1.53. The lowest BCUT2D eigenvalue weighted by Gasteiger charge is -2.43. The third-order valence-corrected chi connectivity index (χ3v) is 9.56. The number of hydrogen-bond acceptors (Lipinski definition) is 6. The number of hydrogen-bond donors (Lipinski definition) is 3. The van der Waals surface area contributed by atoms with Gasteiger partial charge in [-0.1, -0.05) is 71.4 Å². The molecule has 4 N–H and O–H groups in total. The maximum absolute atomic E-state index is 12.7. The van der Waals surface area contributed by atoms with Crippen LogP contribution in [-0.4, -0.2) is 39.0 Å². The molecule has 1 aliphatic heterocycles. The van der Waals surface area contributed by atoms with E-state index in [0.717, 1.165) is 47.7 Å². The van der Waals surface area contributed by atoms with Crippen LogP contribution in [0.4, 0.5) is 5.69 Å². The summed E-state index contributed by atoms with van der Waals surface area (Å²) in [5, 5.41) is 11.9. The Bertz CT molecular complexity index is 1300. The molecule has 2 unspecified atom stereocenters. The predicted molar refractivity (Wildman–Crippen MR) is 162 cm³/mol. The van der Waals surface area contributed by atoms with E-state index in [1.54, 1.807) is 6.07 Å². The van der Waals surface area contributed by atoms with Crippen molar-refractivity contribution in [1.29, 1.82) is 0 Å². The number of benzene rings is 2. The number of carbonyl (C=O) groups excluding carboxylic acids is 2. The molecule has 213 valence electrons. The van der Waals surface area contributed by atoms with Gasteiger partial charge in [-0.2, -0.15) is 0 Å². The molecule has 1 amide bonds. The molecule has 0 saturated heterocycles. The molecule has 2 aromatic rings. The molecule has 4 rings (SSSR count). The molecule has 7 nitrogen and oxygen atoms in total.